The quantitative estimate of drug-likeness (QED) is 0.141. The second-order valence-corrected chi connectivity index (χ2v) is 28.2. The largest absolute Gasteiger partial charge is 1.00 e. The van der Waals surface area contributed by atoms with E-state index in [2.05, 4.69) is 212 Å². The van der Waals surface area contributed by atoms with Crippen molar-refractivity contribution in [2.24, 2.45) is 0 Å². The molecule has 1 saturated heterocycles. The molecule has 15 aromatic carbocycles. The molecule has 0 amide bonds. The van der Waals surface area contributed by atoms with E-state index in [4.69, 9.17) is 39.5 Å². The van der Waals surface area contributed by atoms with Crippen LogP contribution in [0.2, 0.25) is 15.1 Å². The number of ketones is 1. The van der Waals surface area contributed by atoms with Gasteiger partial charge in [0.05, 0.1) is 5.41 Å². The Labute approximate surface area is 646 Å². The molecule has 5 aliphatic rings. The fourth-order valence-corrected chi connectivity index (χ4v) is 16.6. The predicted octanol–water partition coefficient (Wildman–Crippen LogP) is 24.1. The average molecular weight is 1470 g/mol. The Bertz CT molecular complexity index is 5600. The van der Waals surface area contributed by atoms with Crippen LogP contribution in [0.4, 0.5) is 0 Å². The molecule has 1 fully saturated rings. The summed E-state index contributed by atoms with van der Waals surface area (Å²) in [7, 11) is 0. The van der Waals surface area contributed by atoms with E-state index in [1.807, 2.05) is 133 Å². The van der Waals surface area contributed by atoms with Gasteiger partial charge in [-0.25, -0.2) is 0 Å². The molecule has 104 heavy (non-hydrogen) atoms. The molecule has 1 heterocycles. The standard InChI is InChI=1S/C29H19ClO.C29H17Cl.C17H9ClO.C12H9Br.C4H8O.C4H9.CH4.Li/c30-21-15-17-24-25-16-14-20-10-4-5-12-23(20)28(25)29(31,27(24)18-21)26-13-7-6-11-22(26)19-8-2-1-3-9-19;30-19-14-16-23-24-15-13-18-7-1-2-8-20(18)28(24)29(27(23)17-19)25-11-5-3-9-21(25)22-10-4-6-12-26(22)29;18-11-6-8-13-14-7-5-10-3-1-2-4-12(10)16(14)17(19)15(13)9-11;13-12-9-5-4-8-11(12)10-6-2-1-3-7-10;1-2-4-5-3-1;1-3-4-2;;/h1-18,31H;1-17H;1-9H;1-9H;1-4H2;1,3-4H2,2H3;1H4;/q;;;;;-1;;+1. The third-order valence-electron chi connectivity index (χ3n) is 20.1. The van der Waals surface area contributed by atoms with Crippen LogP contribution in [0, 0.1) is 6.92 Å². The number of aliphatic hydroxyl groups is 1. The van der Waals surface area contributed by atoms with Crippen molar-refractivity contribution in [3.63, 3.8) is 0 Å². The topological polar surface area (TPSA) is 46.5 Å². The number of benzene rings is 15. The minimum absolute atomic E-state index is 0. The van der Waals surface area contributed by atoms with Gasteiger partial charge in [-0.2, -0.15) is 6.42 Å². The number of ether oxygens (including phenoxy) is 1. The maximum atomic E-state index is 12.7. The molecule has 0 saturated carbocycles. The Morgan fingerprint density at radius 3 is 1.31 bits per heavy atom. The van der Waals surface area contributed by atoms with Gasteiger partial charge in [-0.3, -0.25) is 4.79 Å². The fraction of sp³-hybridized carbons (Fsp3) is 0.104. The van der Waals surface area contributed by atoms with Crippen LogP contribution in [-0.4, -0.2) is 24.1 Å². The molecule has 15 aromatic rings. The van der Waals surface area contributed by atoms with Gasteiger partial charge >= 0.3 is 18.9 Å². The number of hydrogen-bond acceptors (Lipinski definition) is 3. The summed E-state index contributed by atoms with van der Waals surface area (Å²) in [6.07, 6.45) is 4.83. The number of fused-ring (bicyclic) bond motifs is 22. The molecule has 3 nitrogen and oxygen atoms in total. The van der Waals surface area contributed by atoms with E-state index in [1.54, 1.807) is 6.07 Å². The first-order chi connectivity index (χ1) is 50.0. The van der Waals surface area contributed by atoms with E-state index in [-0.39, 0.29) is 37.5 Å². The van der Waals surface area contributed by atoms with Crippen molar-refractivity contribution < 1.29 is 33.5 Å². The summed E-state index contributed by atoms with van der Waals surface area (Å²) < 4.78 is 6.08. The van der Waals surface area contributed by atoms with Gasteiger partial charge in [0.15, 0.2) is 5.78 Å². The number of unbranched alkanes of at least 4 members (excludes halogenated alkanes) is 1. The van der Waals surface area contributed by atoms with E-state index in [0.717, 1.165) is 106 Å². The predicted molar refractivity (Wildman–Crippen MR) is 438 cm³/mol. The molecule has 8 heteroatoms. The minimum atomic E-state index is -1.32. The van der Waals surface area contributed by atoms with Crippen molar-refractivity contribution in [3.8, 4) is 66.8 Å². The maximum absolute atomic E-state index is 12.7. The summed E-state index contributed by atoms with van der Waals surface area (Å²) in [5, 5.41) is 21.5. The van der Waals surface area contributed by atoms with Crippen molar-refractivity contribution in [1.29, 1.82) is 0 Å². The molecule has 20 rings (SSSR count). The van der Waals surface area contributed by atoms with Crippen LogP contribution in [0.3, 0.4) is 0 Å². The van der Waals surface area contributed by atoms with E-state index >= 15 is 0 Å². The Morgan fingerprint density at radius 2 is 0.769 bits per heavy atom. The first-order valence-electron chi connectivity index (χ1n) is 34.8. The van der Waals surface area contributed by atoms with E-state index in [1.165, 1.54) is 85.7 Å². The van der Waals surface area contributed by atoms with Crippen molar-refractivity contribution in [1.82, 2.24) is 0 Å². The average Bonchev–Trinajstić information content (AvgIpc) is 1.50. The zero-order chi connectivity index (χ0) is 69.9. The third-order valence-corrected chi connectivity index (χ3v) is 21.5. The Kier molecular flexibility index (Phi) is 22.4. The zero-order valence-electron chi connectivity index (χ0n) is 57.3. The SMILES string of the molecule is Brc1ccccc1-c1ccccc1.C.C1CCOC1.Clc1ccc2c(c1)C1(c3ccccc3-c3ccccc31)c1c-2ccc2ccccc12.O=C1c2cc(Cl)ccc2-c2ccc3ccccc3c21.OC1(c2ccccc2-c2ccccc2)c2cc(Cl)ccc2-c2ccc3ccccc3c21.[CH2-]CCC.[Li+]. The summed E-state index contributed by atoms with van der Waals surface area (Å²) in [5.74, 6) is 0.0734. The summed E-state index contributed by atoms with van der Waals surface area (Å²) in [6.45, 7) is 7.72. The van der Waals surface area contributed by atoms with Crippen molar-refractivity contribution in [3.05, 3.63) is 398 Å². The first-order valence-corrected chi connectivity index (χ1v) is 36.7. The Balaban J connectivity index is 0.000000122. The molecule has 1 N–H and O–H groups in total. The van der Waals surface area contributed by atoms with Gasteiger partial charge in [-0.1, -0.05) is 351 Å². The molecule has 1 unspecified atom stereocenters. The van der Waals surface area contributed by atoms with Gasteiger partial charge in [-0.15, -0.1) is 0 Å². The Hall–Kier alpha value is -9.38. The van der Waals surface area contributed by atoms with Crippen LogP contribution in [0.25, 0.3) is 99.1 Å². The van der Waals surface area contributed by atoms with E-state index < -0.39 is 5.60 Å². The third kappa shape index (κ3) is 13.3. The van der Waals surface area contributed by atoms with Crippen LogP contribution in [-0.2, 0) is 15.8 Å². The molecular weight excluding hydrogens is 1390 g/mol. The fourth-order valence-electron chi connectivity index (χ4n) is 15.5. The van der Waals surface area contributed by atoms with Gasteiger partial charge < -0.3 is 16.8 Å². The normalized spacial score (nSPS) is 14.2. The second-order valence-electron chi connectivity index (χ2n) is 26.0. The van der Waals surface area contributed by atoms with Gasteiger partial charge in [0.25, 0.3) is 0 Å². The van der Waals surface area contributed by atoms with Crippen molar-refractivity contribution in [2.45, 2.75) is 51.0 Å². The number of carbonyl (C=O) groups excluding carboxylic acids is 1. The molecule has 1 spiro atoms. The molecular formula is C96H75BrCl3LiO3. The number of rotatable bonds is 4. The number of halogens is 4. The van der Waals surface area contributed by atoms with Crippen LogP contribution in [0.1, 0.15) is 94.9 Å². The molecule has 0 radical (unpaired) electrons. The van der Waals surface area contributed by atoms with Crippen LogP contribution in [0.15, 0.2) is 326 Å². The van der Waals surface area contributed by atoms with Gasteiger partial charge in [-0.05, 0) is 177 Å². The van der Waals surface area contributed by atoms with Crippen molar-refractivity contribution in [2.75, 3.05) is 13.2 Å². The summed E-state index contributed by atoms with van der Waals surface area (Å²) in [4.78, 5) is 12.6. The van der Waals surface area contributed by atoms with E-state index in [0.29, 0.717) is 15.6 Å². The van der Waals surface area contributed by atoms with Gasteiger partial charge in [0, 0.05) is 60.6 Å². The second kappa shape index (κ2) is 31.9. The van der Waals surface area contributed by atoms with Gasteiger partial charge in [0.1, 0.15) is 5.60 Å². The minimum Gasteiger partial charge on any atom is -0.381 e. The molecule has 0 bridgehead atoms. The zero-order valence-corrected chi connectivity index (χ0v) is 61.2. The van der Waals surface area contributed by atoms with Crippen molar-refractivity contribution >= 4 is 88.8 Å². The smallest absolute Gasteiger partial charge is 0.381 e. The van der Waals surface area contributed by atoms with Crippen LogP contribution < -0.4 is 18.9 Å². The number of carbonyl (C=O) groups is 1. The summed E-state index contributed by atoms with van der Waals surface area (Å²) >= 11 is 22.6. The molecule has 1 atom stereocenters. The first kappa shape index (κ1) is 73.0. The molecule has 1 aliphatic heterocycles. The van der Waals surface area contributed by atoms with E-state index in [9.17, 15) is 9.90 Å². The van der Waals surface area contributed by atoms with Gasteiger partial charge in [0.2, 0.25) is 0 Å². The Morgan fingerprint density at radius 1 is 0.385 bits per heavy atom. The summed E-state index contributed by atoms with van der Waals surface area (Å²) in [6, 6.07) is 110. The van der Waals surface area contributed by atoms with Crippen LogP contribution >= 0.6 is 50.7 Å². The monoisotopic (exact) mass is 1470 g/mol. The van der Waals surface area contributed by atoms with Crippen LogP contribution in [0.5, 0.6) is 0 Å². The maximum Gasteiger partial charge on any atom is 1.00 e. The molecule has 4 aliphatic carbocycles. The number of hydrogen-bond donors (Lipinski definition) is 1. The molecule has 0 aromatic heterocycles. The summed E-state index contributed by atoms with van der Waals surface area (Å²) in [5.41, 5.74) is 21.7. The molecule has 506 valence electrons.